The average molecular weight is 449 g/mol. The van der Waals surface area contributed by atoms with Crippen LogP contribution in [0.2, 0.25) is 0 Å². The number of aromatic carboxylic acids is 1. The third kappa shape index (κ3) is 3.62. The summed E-state index contributed by atoms with van der Waals surface area (Å²) in [4.78, 5) is 17.5. The number of hydrogen-bond donors (Lipinski definition) is 2. The van der Waals surface area contributed by atoms with E-state index >= 15 is 0 Å². The van der Waals surface area contributed by atoms with Crippen LogP contribution in [-0.2, 0) is 16.8 Å². The average Bonchev–Trinajstić information content (AvgIpc) is 3.38. The van der Waals surface area contributed by atoms with E-state index in [9.17, 15) is 9.90 Å². The van der Waals surface area contributed by atoms with E-state index in [0.717, 1.165) is 43.5 Å². The van der Waals surface area contributed by atoms with Crippen LogP contribution in [0.1, 0.15) is 59.7 Å². The molecule has 6 heteroatoms. The molecule has 2 saturated heterocycles. The first-order chi connectivity index (χ1) is 16.0. The van der Waals surface area contributed by atoms with Gasteiger partial charge in [-0.15, -0.1) is 0 Å². The molecule has 2 aliphatic rings. The second-order valence-corrected chi connectivity index (χ2v) is 9.39. The van der Waals surface area contributed by atoms with E-state index in [4.69, 9.17) is 9.47 Å². The van der Waals surface area contributed by atoms with Crippen LogP contribution in [-0.4, -0.2) is 46.8 Å². The van der Waals surface area contributed by atoms with E-state index in [1.54, 1.807) is 19.2 Å². The van der Waals surface area contributed by atoms with Gasteiger partial charge in [-0.1, -0.05) is 12.1 Å². The van der Waals surface area contributed by atoms with Crippen molar-refractivity contribution < 1.29 is 19.4 Å². The summed E-state index contributed by atoms with van der Waals surface area (Å²) in [6.45, 7) is 5.65. The molecule has 2 bridgehead atoms. The third-order valence-corrected chi connectivity index (χ3v) is 7.71. The molecular formula is C27H32N2O4. The zero-order chi connectivity index (χ0) is 23.2. The largest absolute Gasteiger partial charge is 0.496 e. The lowest BCUT2D eigenvalue weighted by Gasteiger charge is -2.48. The molecule has 0 aliphatic carbocycles. The molecule has 0 spiro atoms. The molecule has 2 fully saturated rings. The van der Waals surface area contributed by atoms with Gasteiger partial charge in [0.15, 0.2) is 0 Å². The summed E-state index contributed by atoms with van der Waals surface area (Å²) in [6, 6.07) is 12.2. The van der Waals surface area contributed by atoms with E-state index in [-0.39, 0.29) is 11.6 Å². The van der Waals surface area contributed by atoms with Crippen LogP contribution in [0.3, 0.4) is 0 Å². The minimum atomic E-state index is -0.893. The number of rotatable bonds is 7. The van der Waals surface area contributed by atoms with Crippen LogP contribution in [0.25, 0.3) is 10.9 Å². The van der Waals surface area contributed by atoms with Gasteiger partial charge in [0.25, 0.3) is 0 Å². The van der Waals surface area contributed by atoms with Gasteiger partial charge in [-0.2, -0.15) is 0 Å². The molecule has 2 aliphatic heterocycles. The fourth-order valence-corrected chi connectivity index (χ4v) is 6.23. The standard InChI is InChI=1S/C27H32N2O4/c1-4-33-21-14-20-9-11-27(15-21,19-7-5-18(6-8-19)26(30)31)29(20)16-23-22-10-12-28-25(22)17(2)13-24(23)32-3/h5-8,10,12-13,20-21,28H,4,9,11,14-16H2,1-3H3,(H,30,31)/t20?,21-,27?/m0/s1. The highest BCUT2D eigenvalue weighted by Gasteiger charge is 2.53. The molecule has 1 aromatic heterocycles. The number of carboxylic acids is 1. The maximum Gasteiger partial charge on any atom is 0.335 e. The Labute approximate surface area is 194 Å². The van der Waals surface area contributed by atoms with Gasteiger partial charge >= 0.3 is 5.97 Å². The van der Waals surface area contributed by atoms with Crippen LogP contribution in [0.5, 0.6) is 5.75 Å². The highest BCUT2D eigenvalue weighted by atomic mass is 16.5. The van der Waals surface area contributed by atoms with Gasteiger partial charge in [0.1, 0.15) is 5.75 Å². The van der Waals surface area contributed by atoms with Crippen LogP contribution >= 0.6 is 0 Å². The molecule has 2 N–H and O–H groups in total. The summed E-state index contributed by atoms with van der Waals surface area (Å²) in [5, 5.41) is 10.6. The van der Waals surface area contributed by atoms with Crippen LogP contribution in [0.4, 0.5) is 0 Å². The van der Waals surface area contributed by atoms with Gasteiger partial charge in [0.05, 0.1) is 18.8 Å². The lowest BCUT2D eigenvalue weighted by molar-refractivity contribution is -0.0593. The van der Waals surface area contributed by atoms with E-state index in [1.807, 2.05) is 18.3 Å². The number of nitrogens with zero attached hydrogens (tertiary/aromatic N) is 1. The lowest BCUT2D eigenvalue weighted by Crippen LogP contribution is -2.52. The molecule has 3 atom stereocenters. The summed E-state index contributed by atoms with van der Waals surface area (Å²) in [5.74, 6) is 0.0255. The first kappa shape index (κ1) is 22.0. The monoisotopic (exact) mass is 448 g/mol. The maximum atomic E-state index is 11.4. The predicted molar refractivity (Wildman–Crippen MR) is 128 cm³/mol. The Hall–Kier alpha value is -2.83. The van der Waals surface area contributed by atoms with Crippen molar-refractivity contribution in [3.63, 3.8) is 0 Å². The molecule has 0 radical (unpaired) electrons. The fraction of sp³-hybridized carbons (Fsp3) is 0.444. The Balaban J connectivity index is 1.59. The van der Waals surface area contributed by atoms with Crippen LogP contribution in [0, 0.1) is 6.92 Å². The zero-order valence-electron chi connectivity index (χ0n) is 19.6. The van der Waals surface area contributed by atoms with E-state index < -0.39 is 5.97 Å². The summed E-state index contributed by atoms with van der Waals surface area (Å²) in [7, 11) is 1.74. The predicted octanol–water partition coefficient (Wildman–Crippen LogP) is 5.24. The molecule has 5 rings (SSSR count). The van der Waals surface area contributed by atoms with E-state index in [1.165, 1.54) is 22.1 Å². The molecule has 2 unspecified atom stereocenters. The van der Waals surface area contributed by atoms with Gasteiger partial charge in [0, 0.05) is 47.4 Å². The number of carboxylic acid groups (broad SMARTS) is 1. The Bertz CT molecular complexity index is 1170. The van der Waals surface area contributed by atoms with Crippen molar-refractivity contribution in [3.05, 3.63) is 64.8 Å². The number of aromatic nitrogens is 1. The number of carbonyl (C=O) groups is 1. The van der Waals surface area contributed by atoms with Gasteiger partial charge in [0.2, 0.25) is 0 Å². The first-order valence-electron chi connectivity index (χ1n) is 11.8. The van der Waals surface area contributed by atoms with Crippen LogP contribution in [0.15, 0.2) is 42.6 Å². The highest BCUT2D eigenvalue weighted by Crippen LogP contribution is 2.52. The molecule has 174 valence electrons. The number of aromatic amines is 1. The second-order valence-electron chi connectivity index (χ2n) is 9.39. The number of benzene rings is 2. The Morgan fingerprint density at radius 2 is 2.06 bits per heavy atom. The quantitative estimate of drug-likeness (QED) is 0.517. The normalized spacial score (nSPS) is 24.9. The number of nitrogens with one attached hydrogen (secondary N) is 1. The maximum absolute atomic E-state index is 11.4. The Kier molecular flexibility index (Phi) is 5.67. The first-order valence-corrected chi connectivity index (χ1v) is 11.8. The van der Waals surface area contributed by atoms with Crippen molar-refractivity contribution in [1.82, 2.24) is 9.88 Å². The minimum absolute atomic E-state index is 0.182. The number of piperidine rings is 1. The summed E-state index contributed by atoms with van der Waals surface area (Å²) in [6.07, 6.45) is 6.29. The van der Waals surface area contributed by atoms with Gasteiger partial charge in [-0.05, 0) is 74.9 Å². The number of hydrogen-bond acceptors (Lipinski definition) is 4. The van der Waals surface area contributed by atoms with Gasteiger partial charge < -0.3 is 19.6 Å². The van der Waals surface area contributed by atoms with E-state index in [2.05, 4.69) is 35.9 Å². The van der Waals surface area contributed by atoms with Crippen LogP contribution < -0.4 is 4.74 Å². The topological polar surface area (TPSA) is 74.8 Å². The van der Waals surface area contributed by atoms with Crippen molar-refractivity contribution in [2.24, 2.45) is 0 Å². The lowest BCUT2D eigenvalue weighted by atomic mass is 9.79. The van der Waals surface area contributed by atoms with Crippen molar-refractivity contribution in [3.8, 4) is 5.75 Å². The smallest absolute Gasteiger partial charge is 0.335 e. The number of fused-ring (bicyclic) bond motifs is 3. The summed E-state index contributed by atoms with van der Waals surface area (Å²) >= 11 is 0. The summed E-state index contributed by atoms with van der Waals surface area (Å²) in [5.41, 5.74) is 4.85. The molecule has 6 nitrogen and oxygen atoms in total. The van der Waals surface area contributed by atoms with Gasteiger partial charge in [-0.3, -0.25) is 4.90 Å². The number of aryl methyl sites for hydroxylation is 1. The molecule has 33 heavy (non-hydrogen) atoms. The molecular weight excluding hydrogens is 416 g/mol. The minimum Gasteiger partial charge on any atom is -0.496 e. The second kappa shape index (κ2) is 8.50. The third-order valence-electron chi connectivity index (χ3n) is 7.71. The zero-order valence-corrected chi connectivity index (χ0v) is 19.6. The highest BCUT2D eigenvalue weighted by molar-refractivity contribution is 5.88. The Morgan fingerprint density at radius 3 is 2.76 bits per heavy atom. The SMILES string of the molecule is CCO[C@H]1CC2CCC(c3ccc(C(=O)O)cc3)(C1)N2Cc1c(OC)cc(C)c2[nH]ccc12. The number of H-pyrrole nitrogens is 1. The molecule has 3 heterocycles. The summed E-state index contributed by atoms with van der Waals surface area (Å²) < 4.78 is 12.0. The van der Waals surface area contributed by atoms with Crippen molar-refractivity contribution in [2.75, 3.05) is 13.7 Å². The fourth-order valence-electron chi connectivity index (χ4n) is 6.23. The molecule has 0 amide bonds. The number of methoxy groups -OCH3 is 1. The Morgan fingerprint density at radius 1 is 1.27 bits per heavy atom. The molecule has 2 aromatic carbocycles. The van der Waals surface area contributed by atoms with E-state index in [0.29, 0.717) is 18.2 Å². The van der Waals surface area contributed by atoms with Crippen molar-refractivity contribution >= 4 is 16.9 Å². The molecule has 0 saturated carbocycles. The van der Waals surface area contributed by atoms with Crippen molar-refractivity contribution in [2.45, 2.75) is 63.8 Å². The van der Waals surface area contributed by atoms with Crippen molar-refractivity contribution in [1.29, 1.82) is 0 Å². The molecule has 3 aromatic rings. The number of ether oxygens (including phenoxy) is 2. The van der Waals surface area contributed by atoms with Gasteiger partial charge in [-0.25, -0.2) is 4.79 Å².